The van der Waals surface area contributed by atoms with Crippen molar-refractivity contribution < 1.29 is 19.4 Å². The summed E-state index contributed by atoms with van der Waals surface area (Å²) in [5.74, 6) is -0.931. The van der Waals surface area contributed by atoms with Gasteiger partial charge in [0.2, 0.25) is 0 Å². The second kappa shape index (κ2) is 4.42. The Morgan fingerprint density at radius 1 is 1.33 bits per heavy atom. The van der Waals surface area contributed by atoms with Crippen LogP contribution in [0, 0.1) is 0 Å². The predicted molar refractivity (Wildman–Crippen MR) is 52.3 cm³/mol. The fourth-order valence-corrected chi connectivity index (χ4v) is 1.51. The first kappa shape index (κ1) is 10.1. The van der Waals surface area contributed by atoms with E-state index in [4.69, 9.17) is 14.6 Å². The molecular weight excluding hydrogens is 196 g/mol. The smallest absolute Gasteiger partial charge is 0.333 e. The van der Waals surface area contributed by atoms with Crippen LogP contribution in [0.25, 0.3) is 0 Å². The summed E-state index contributed by atoms with van der Waals surface area (Å²) in [6, 6.07) is 9.34. The van der Waals surface area contributed by atoms with E-state index in [1.54, 1.807) is 0 Å². The third kappa shape index (κ3) is 2.34. The van der Waals surface area contributed by atoms with Gasteiger partial charge in [-0.1, -0.05) is 30.3 Å². The zero-order chi connectivity index (χ0) is 10.7. The van der Waals surface area contributed by atoms with E-state index in [1.807, 2.05) is 30.3 Å². The normalized spacial score (nSPS) is 26.1. The lowest BCUT2D eigenvalue weighted by molar-refractivity contribution is -0.224. The summed E-state index contributed by atoms with van der Waals surface area (Å²) in [5.41, 5.74) is 0.850. The molecule has 1 fully saturated rings. The van der Waals surface area contributed by atoms with Gasteiger partial charge in [-0.05, 0) is 0 Å². The fourth-order valence-electron chi connectivity index (χ4n) is 1.51. The molecule has 0 saturated carbocycles. The first-order valence-electron chi connectivity index (χ1n) is 4.82. The first-order chi connectivity index (χ1) is 7.27. The Morgan fingerprint density at radius 2 is 2.07 bits per heavy atom. The van der Waals surface area contributed by atoms with Crippen molar-refractivity contribution in [2.45, 2.75) is 18.8 Å². The van der Waals surface area contributed by atoms with Crippen molar-refractivity contribution in [1.82, 2.24) is 0 Å². The van der Waals surface area contributed by atoms with Crippen LogP contribution in [0.2, 0.25) is 0 Å². The quantitative estimate of drug-likeness (QED) is 0.801. The third-order valence-electron chi connectivity index (χ3n) is 2.28. The van der Waals surface area contributed by atoms with Crippen LogP contribution in [-0.4, -0.2) is 23.8 Å². The monoisotopic (exact) mass is 208 g/mol. The minimum atomic E-state index is -0.931. The second-order valence-electron chi connectivity index (χ2n) is 3.37. The van der Waals surface area contributed by atoms with Crippen molar-refractivity contribution in [1.29, 1.82) is 0 Å². The van der Waals surface area contributed by atoms with Gasteiger partial charge in [-0.2, -0.15) is 0 Å². The van der Waals surface area contributed by atoms with E-state index < -0.39 is 18.4 Å². The van der Waals surface area contributed by atoms with Gasteiger partial charge >= 0.3 is 5.97 Å². The molecule has 1 heterocycles. The summed E-state index contributed by atoms with van der Waals surface area (Å²) in [5, 5.41) is 8.82. The average Bonchev–Trinajstić information content (AvgIpc) is 2.30. The Hall–Kier alpha value is -1.39. The maximum atomic E-state index is 10.8. The standard InChI is InChI=1S/C11H12O4/c12-10(13)9-6-7-14-11(15-9)8-4-2-1-3-5-8/h1-5,9,11H,6-7H2,(H,12,13)/t9-,11-/m1/s1. The third-order valence-corrected chi connectivity index (χ3v) is 2.28. The lowest BCUT2D eigenvalue weighted by Gasteiger charge is -2.27. The first-order valence-corrected chi connectivity index (χ1v) is 4.82. The van der Waals surface area contributed by atoms with Crippen molar-refractivity contribution in [3.63, 3.8) is 0 Å². The summed E-state index contributed by atoms with van der Waals surface area (Å²) < 4.78 is 10.7. The molecule has 1 saturated heterocycles. The zero-order valence-electron chi connectivity index (χ0n) is 8.13. The molecule has 1 aliphatic heterocycles. The van der Waals surface area contributed by atoms with Crippen LogP contribution in [0.5, 0.6) is 0 Å². The number of rotatable bonds is 2. The van der Waals surface area contributed by atoms with Crippen molar-refractivity contribution in [3.05, 3.63) is 35.9 Å². The number of carboxylic acid groups (broad SMARTS) is 1. The molecule has 0 amide bonds. The van der Waals surface area contributed by atoms with E-state index in [1.165, 1.54) is 0 Å². The lowest BCUT2D eigenvalue weighted by atomic mass is 10.2. The van der Waals surface area contributed by atoms with Gasteiger partial charge in [0.25, 0.3) is 0 Å². The van der Waals surface area contributed by atoms with Gasteiger partial charge in [0, 0.05) is 12.0 Å². The van der Waals surface area contributed by atoms with E-state index >= 15 is 0 Å². The minimum absolute atomic E-state index is 0.401. The lowest BCUT2D eigenvalue weighted by Crippen LogP contribution is -2.33. The van der Waals surface area contributed by atoms with Crippen LogP contribution in [0.1, 0.15) is 18.3 Å². The summed E-state index contributed by atoms with van der Waals surface area (Å²) in [4.78, 5) is 10.8. The number of ether oxygens (including phenoxy) is 2. The van der Waals surface area contributed by atoms with Crippen LogP contribution in [0.3, 0.4) is 0 Å². The molecule has 0 aromatic heterocycles. The SMILES string of the molecule is O=C(O)[C@H]1CCO[C@@H](c2ccccc2)O1. The molecule has 0 spiro atoms. The molecule has 0 bridgehead atoms. The Morgan fingerprint density at radius 3 is 2.73 bits per heavy atom. The van der Waals surface area contributed by atoms with Crippen molar-refractivity contribution >= 4 is 5.97 Å². The van der Waals surface area contributed by atoms with Crippen LogP contribution >= 0.6 is 0 Å². The molecule has 2 rings (SSSR count). The van der Waals surface area contributed by atoms with Crippen molar-refractivity contribution in [2.24, 2.45) is 0 Å². The molecule has 1 aromatic carbocycles. The highest BCUT2D eigenvalue weighted by Crippen LogP contribution is 2.25. The van der Waals surface area contributed by atoms with Gasteiger partial charge in [0.15, 0.2) is 12.4 Å². The number of hydrogen-bond acceptors (Lipinski definition) is 3. The molecule has 80 valence electrons. The summed E-state index contributed by atoms with van der Waals surface area (Å²) in [6.07, 6.45) is -0.913. The van der Waals surface area contributed by atoms with Gasteiger partial charge in [-0.15, -0.1) is 0 Å². The number of carbonyl (C=O) groups is 1. The molecular formula is C11H12O4. The van der Waals surface area contributed by atoms with Crippen LogP contribution < -0.4 is 0 Å². The molecule has 0 radical (unpaired) electrons. The Labute approximate surface area is 87.4 Å². The largest absolute Gasteiger partial charge is 0.479 e. The highest BCUT2D eigenvalue weighted by atomic mass is 16.7. The highest BCUT2D eigenvalue weighted by Gasteiger charge is 2.28. The molecule has 4 nitrogen and oxygen atoms in total. The average molecular weight is 208 g/mol. The number of carboxylic acids is 1. The number of hydrogen-bond donors (Lipinski definition) is 1. The molecule has 1 aliphatic rings. The van der Waals surface area contributed by atoms with Gasteiger partial charge in [-0.3, -0.25) is 0 Å². The molecule has 2 atom stereocenters. The summed E-state index contributed by atoms with van der Waals surface area (Å²) >= 11 is 0. The van der Waals surface area contributed by atoms with Gasteiger partial charge in [0.05, 0.1) is 6.61 Å². The van der Waals surface area contributed by atoms with E-state index in [-0.39, 0.29) is 0 Å². The summed E-state index contributed by atoms with van der Waals surface area (Å²) in [6.45, 7) is 0.413. The molecule has 1 aromatic rings. The molecule has 0 aliphatic carbocycles. The topological polar surface area (TPSA) is 55.8 Å². The van der Waals surface area contributed by atoms with E-state index in [0.29, 0.717) is 13.0 Å². The zero-order valence-corrected chi connectivity index (χ0v) is 8.13. The second-order valence-corrected chi connectivity index (χ2v) is 3.37. The summed E-state index contributed by atoms with van der Waals surface area (Å²) in [7, 11) is 0. The Kier molecular flexibility index (Phi) is 2.99. The fraction of sp³-hybridized carbons (Fsp3) is 0.364. The molecule has 1 N–H and O–H groups in total. The van der Waals surface area contributed by atoms with E-state index in [2.05, 4.69) is 0 Å². The Bertz CT molecular complexity index is 336. The van der Waals surface area contributed by atoms with E-state index in [9.17, 15) is 4.79 Å². The van der Waals surface area contributed by atoms with Crippen molar-refractivity contribution in [3.8, 4) is 0 Å². The minimum Gasteiger partial charge on any atom is -0.479 e. The van der Waals surface area contributed by atoms with Crippen LogP contribution in [-0.2, 0) is 14.3 Å². The molecule has 0 unspecified atom stereocenters. The maximum Gasteiger partial charge on any atom is 0.333 e. The molecule has 4 heteroatoms. The highest BCUT2D eigenvalue weighted by molar-refractivity contribution is 5.72. The van der Waals surface area contributed by atoms with Gasteiger partial charge < -0.3 is 14.6 Å². The van der Waals surface area contributed by atoms with Crippen LogP contribution in [0.15, 0.2) is 30.3 Å². The van der Waals surface area contributed by atoms with Gasteiger partial charge in [0.1, 0.15) is 0 Å². The number of aliphatic carboxylic acids is 1. The maximum absolute atomic E-state index is 10.8. The molecule has 15 heavy (non-hydrogen) atoms. The van der Waals surface area contributed by atoms with E-state index in [0.717, 1.165) is 5.56 Å². The van der Waals surface area contributed by atoms with Gasteiger partial charge in [-0.25, -0.2) is 4.79 Å². The van der Waals surface area contributed by atoms with Crippen molar-refractivity contribution in [2.75, 3.05) is 6.61 Å². The predicted octanol–water partition coefficient (Wildman–Crippen LogP) is 1.58. The number of benzene rings is 1. The van der Waals surface area contributed by atoms with Crippen LogP contribution in [0.4, 0.5) is 0 Å². The Balaban J connectivity index is 2.08.